The van der Waals surface area contributed by atoms with Crippen LogP contribution in [0.2, 0.25) is 5.15 Å². The monoisotopic (exact) mass is 290 g/mol. The number of nitrogens with zero attached hydrogens (tertiary/aromatic N) is 2. The van der Waals surface area contributed by atoms with E-state index in [-0.39, 0.29) is 6.10 Å². The van der Waals surface area contributed by atoms with E-state index in [1.54, 1.807) is 6.20 Å². The number of rotatable bonds is 6. The molecule has 0 spiro atoms. The number of anilines is 1. The number of halogens is 1. The summed E-state index contributed by atoms with van der Waals surface area (Å²) in [5.74, 6) is 0. The van der Waals surface area contributed by atoms with Crippen molar-refractivity contribution in [3.05, 3.63) is 59.4 Å². The van der Waals surface area contributed by atoms with Gasteiger partial charge in [0.1, 0.15) is 5.15 Å². The Hall–Kier alpha value is -1.58. The lowest BCUT2D eigenvalue weighted by atomic mass is 10.2. The lowest BCUT2D eigenvalue weighted by molar-refractivity contribution is 0.175. The average Bonchev–Trinajstić information content (AvgIpc) is 2.47. The Labute approximate surface area is 124 Å². The molecule has 3 nitrogen and oxygen atoms in total. The molecule has 2 rings (SSSR count). The minimum atomic E-state index is -0.340. The lowest BCUT2D eigenvalue weighted by Gasteiger charge is -2.27. The number of aliphatic hydroxyl groups excluding tert-OH is 1. The second-order valence-electron chi connectivity index (χ2n) is 4.76. The third kappa shape index (κ3) is 4.22. The van der Waals surface area contributed by atoms with Gasteiger partial charge in [-0.3, -0.25) is 0 Å². The summed E-state index contributed by atoms with van der Waals surface area (Å²) in [6.07, 6.45) is 2.10. The van der Waals surface area contributed by atoms with E-state index in [1.807, 2.05) is 49.4 Å². The highest BCUT2D eigenvalue weighted by Gasteiger charge is 2.12. The molecule has 106 valence electrons. The summed E-state index contributed by atoms with van der Waals surface area (Å²) < 4.78 is 0. The number of aromatic nitrogens is 1. The van der Waals surface area contributed by atoms with Crippen molar-refractivity contribution in [3.63, 3.8) is 0 Å². The molecule has 0 amide bonds. The maximum absolute atomic E-state index is 9.94. The van der Waals surface area contributed by atoms with Crippen LogP contribution in [0.25, 0.3) is 0 Å². The molecule has 20 heavy (non-hydrogen) atoms. The first-order valence-corrected chi connectivity index (χ1v) is 7.15. The molecule has 1 aromatic carbocycles. The number of hydrogen-bond donors (Lipinski definition) is 1. The van der Waals surface area contributed by atoms with Gasteiger partial charge in [0.15, 0.2) is 0 Å². The predicted molar refractivity (Wildman–Crippen MR) is 83.0 cm³/mol. The van der Waals surface area contributed by atoms with Gasteiger partial charge in [-0.2, -0.15) is 0 Å². The van der Waals surface area contributed by atoms with Crippen LogP contribution < -0.4 is 4.90 Å². The quantitative estimate of drug-likeness (QED) is 0.827. The van der Waals surface area contributed by atoms with Gasteiger partial charge < -0.3 is 10.0 Å². The molecule has 0 aliphatic heterocycles. The molecule has 2 aromatic rings. The maximum atomic E-state index is 9.94. The van der Waals surface area contributed by atoms with Gasteiger partial charge in [-0.1, -0.05) is 36.7 Å². The van der Waals surface area contributed by atoms with Crippen LogP contribution in [0.5, 0.6) is 0 Å². The summed E-state index contributed by atoms with van der Waals surface area (Å²) in [4.78, 5) is 6.15. The van der Waals surface area contributed by atoms with Crippen LogP contribution in [0.4, 0.5) is 5.69 Å². The Kier molecular flexibility index (Phi) is 5.39. The zero-order valence-electron chi connectivity index (χ0n) is 11.5. The molecular weight excluding hydrogens is 272 g/mol. The topological polar surface area (TPSA) is 36.4 Å². The molecule has 0 saturated carbocycles. The first kappa shape index (κ1) is 14.8. The fourth-order valence-electron chi connectivity index (χ4n) is 2.04. The zero-order valence-corrected chi connectivity index (χ0v) is 12.3. The highest BCUT2D eigenvalue weighted by Crippen LogP contribution is 2.18. The van der Waals surface area contributed by atoms with Crippen molar-refractivity contribution >= 4 is 17.3 Å². The SMILES string of the molecule is CCC(O)CN(Cc1ccnc(Cl)c1)c1ccccc1. The molecule has 0 aliphatic carbocycles. The van der Waals surface area contributed by atoms with Gasteiger partial charge in [-0.05, 0) is 36.2 Å². The summed E-state index contributed by atoms with van der Waals surface area (Å²) >= 11 is 5.93. The van der Waals surface area contributed by atoms with Crippen LogP contribution in [0.3, 0.4) is 0 Å². The van der Waals surface area contributed by atoms with Crippen LogP contribution in [0.15, 0.2) is 48.7 Å². The first-order chi connectivity index (χ1) is 9.69. The zero-order chi connectivity index (χ0) is 14.4. The van der Waals surface area contributed by atoms with Crippen molar-refractivity contribution in [1.29, 1.82) is 0 Å². The summed E-state index contributed by atoms with van der Waals surface area (Å²) in [6, 6.07) is 13.9. The third-order valence-corrected chi connectivity index (χ3v) is 3.39. The second kappa shape index (κ2) is 7.27. The van der Waals surface area contributed by atoms with Gasteiger partial charge in [-0.15, -0.1) is 0 Å². The average molecular weight is 291 g/mol. The fourth-order valence-corrected chi connectivity index (χ4v) is 2.24. The van der Waals surface area contributed by atoms with Crippen LogP contribution in [0, 0.1) is 0 Å². The van der Waals surface area contributed by atoms with Crippen LogP contribution in [0.1, 0.15) is 18.9 Å². The molecule has 0 fully saturated rings. The minimum absolute atomic E-state index is 0.340. The Balaban J connectivity index is 2.18. The van der Waals surface area contributed by atoms with Crippen molar-refractivity contribution in [1.82, 2.24) is 4.98 Å². The van der Waals surface area contributed by atoms with Crippen molar-refractivity contribution in [2.45, 2.75) is 26.0 Å². The van der Waals surface area contributed by atoms with E-state index in [9.17, 15) is 5.11 Å². The largest absolute Gasteiger partial charge is 0.391 e. The van der Waals surface area contributed by atoms with E-state index in [4.69, 9.17) is 11.6 Å². The van der Waals surface area contributed by atoms with Gasteiger partial charge in [0, 0.05) is 25.0 Å². The number of aliphatic hydroxyl groups is 1. The summed E-state index contributed by atoms with van der Waals surface area (Å²) in [6.45, 7) is 3.28. The Morgan fingerprint density at radius 1 is 1.25 bits per heavy atom. The molecule has 0 radical (unpaired) electrons. The first-order valence-electron chi connectivity index (χ1n) is 6.77. The van der Waals surface area contributed by atoms with E-state index in [0.717, 1.165) is 17.7 Å². The highest BCUT2D eigenvalue weighted by molar-refractivity contribution is 6.29. The van der Waals surface area contributed by atoms with Gasteiger partial charge in [0.25, 0.3) is 0 Å². The smallest absolute Gasteiger partial charge is 0.129 e. The molecule has 4 heteroatoms. The lowest BCUT2D eigenvalue weighted by Crippen LogP contribution is -2.31. The molecule has 1 aromatic heterocycles. The van der Waals surface area contributed by atoms with Crippen LogP contribution >= 0.6 is 11.6 Å². The van der Waals surface area contributed by atoms with Crippen molar-refractivity contribution in [2.24, 2.45) is 0 Å². The Bertz CT molecular complexity index is 533. The molecule has 0 aliphatic rings. The van der Waals surface area contributed by atoms with E-state index in [0.29, 0.717) is 18.2 Å². The Morgan fingerprint density at radius 2 is 2.00 bits per heavy atom. The van der Waals surface area contributed by atoms with Crippen LogP contribution in [-0.2, 0) is 6.54 Å². The van der Waals surface area contributed by atoms with E-state index in [2.05, 4.69) is 9.88 Å². The normalized spacial score (nSPS) is 12.2. The molecular formula is C16H19ClN2O. The van der Waals surface area contributed by atoms with Gasteiger partial charge in [0.05, 0.1) is 6.10 Å². The standard InChI is InChI=1S/C16H19ClN2O/c1-2-15(20)12-19(14-6-4-3-5-7-14)11-13-8-9-18-16(17)10-13/h3-10,15,20H,2,11-12H2,1H3. The van der Waals surface area contributed by atoms with Gasteiger partial charge >= 0.3 is 0 Å². The number of pyridine rings is 1. The Morgan fingerprint density at radius 3 is 2.65 bits per heavy atom. The molecule has 0 saturated heterocycles. The molecule has 0 bridgehead atoms. The summed E-state index contributed by atoms with van der Waals surface area (Å²) in [7, 11) is 0. The number of hydrogen-bond acceptors (Lipinski definition) is 3. The molecule has 1 atom stereocenters. The second-order valence-corrected chi connectivity index (χ2v) is 5.15. The van der Waals surface area contributed by atoms with E-state index >= 15 is 0 Å². The van der Waals surface area contributed by atoms with Gasteiger partial charge in [0.2, 0.25) is 0 Å². The van der Waals surface area contributed by atoms with Crippen molar-refractivity contribution < 1.29 is 5.11 Å². The molecule has 1 unspecified atom stereocenters. The minimum Gasteiger partial charge on any atom is -0.391 e. The van der Waals surface area contributed by atoms with Gasteiger partial charge in [-0.25, -0.2) is 4.98 Å². The third-order valence-electron chi connectivity index (χ3n) is 3.19. The van der Waals surface area contributed by atoms with Crippen LogP contribution in [-0.4, -0.2) is 22.7 Å². The fraction of sp³-hybridized carbons (Fsp3) is 0.312. The maximum Gasteiger partial charge on any atom is 0.129 e. The van der Waals surface area contributed by atoms with E-state index in [1.165, 1.54) is 0 Å². The van der Waals surface area contributed by atoms with Crippen molar-refractivity contribution in [2.75, 3.05) is 11.4 Å². The number of para-hydroxylation sites is 1. The summed E-state index contributed by atoms with van der Waals surface area (Å²) in [5.41, 5.74) is 2.17. The summed E-state index contributed by atoms with van der Waals surface area (Å²) in [5, 5.41) is 10.4. The molecule has 1 N–H and O–H groups in total. The number of benzene rings is 1. The highest BCUT2D eigenvalue weighted by atomic mass is 35.5. The molecule has 1 heterocycles. The van der Waals surface area contributed by atoms with E-state index < -0.39 is 0 Å². The van der Waals surface area contributed by atoms with Crippen molar-refractivity contribution in [3.8, 4) is 0 Å². The predicted octanol–water partition coefficient (Wildman–Crippen LogP) is 3.51.